The zero-order chi connectivity index (χ0) is 15.0. The summed E-state index contributed by atoms with van der Waals surface area (Å²) in [6, 6.07) is 5.09. The van der Waals surface area contributed by atoms with E-state index in [2.05, 4.69) is 5.32 Å². The molecule has 21 heavy (non-hydrogen) atoms. The number of hydrogen-bond donors (Lipinski definition) is 2. The van der Waals surface area contributed by atoms with E-state index in [9.17, 15) is 9.59 Å². The Hall–Kier alpha value is -2.24. The fourth-order valence-corrected chi connectivity index (χ4v) is 3.31. The lowest BCUT2D eigenvalue weighted by Gasteiger charge is -2.36. The first-order chi connectivity index (χ1) is 10.1. The van der Waals surface area contributed by atoms with Crippen molar-refractivity contribution in [1.29, 1.82) is 0 Å². The molecule has 0 aromatic heterocycles. The van der Waals surface area contributed by atoms with Crippen LogP contribution in [0.25, 0.3) is 0 Å². The summed E-state index contributed by atoms with van der Waals surface area (Å²) < 4.78 is 5.27. The van der Waals surface area contributed by atoms with Crippen LogP contribution in [0.5, 0.6) is 5.75 Å². The summed E-state index contributed by atoms with van der Waals surface area (Å²) in [5.41, 5.74) is 6.76. The van der Waals surface area contributed by atoms with Crippen LogP contribution in [0.15, 0.2) is 18.2 Å². The number of nitrogen functional groups attached to an aromatic ring is 1. The van der Waals surface area contributed by atoms with Crippen molar-refractivity contribution in [2.45, 2.75) is 18.9 Å². The highest BCUT2D eigenvalue weighted by Crippen LogP contribution is 2.32. The molecule has 0 saturated carbocycles. The molecular formula is C15H19N3O3. The van der Waals surface area contributed by atoms with E-state index < -0.39 is 0 Å². The quantitative estimate of drug-likeness (QED) is 0.782. The summed E-state index contributed by atoms with van der Waals surface area (Å²) in [5, 5.41) is 2.85. The van der Waals surface area contributed by atoms with Crippen LogP contribution in [-0.2, 0) is 4.79 Å². The van der Waals surface area contributed by atoms with Crippen LogP contribution in [0, 0.1) is 5.92 Å². The molecule has 2 heterocycles. The largest absolute Gasteiger partial charge is 0.494 e. The predicted molar refractivity (Wildman–Crippen MR) is 78.0 cm³/mol. The van der Waals surface area contributed by atoms with Crippen LogP contribution in [0.4, 0.5) is 5.69 Å². The SMILES string of the molecule is COc1c(N)cccc1C(=O)N1CCCC2C(=O)NCC21. The summed E-state index contributed by atoms with van der Waals surface area (Å²) >= 11 is 0. The normalized spacial score (nSPS) is 24.4. The fourth-order valence-electron chi connectivity index (χ4n) is 3.31. The van der Waals surface area contributed by atoms with Crippen molar-refractivity contribution < 1.29 is 14.3 Å². The molecule has 3 N–H and O–H groups in total. The van der Waals surface area contributed by atoms with Gasteiger partial charge in [-0.2, -0.15) is 0 Å². The standard InChI is InChI=1S/C15H19N3O3/c1-21-13-10(4-2-6-11(13)16)15(20)18-7-3-5-9-12(18)8-17-14(9)19/h2,4,6,9,12H,3,5,7-8,16H2,1H3,(H,17,19). The molecule has 3 rings (SSSR count). The van der Waals surface area contributed by atoms with Gasteiger partial charge < -0.3 is 20.7 Å². The summed E-state index contributed by atoms with van der Waals surface area (Å²) in [4.78, 5) is 26.4. The first-order valence-corrected chi connectivity index (χ1v) is 7.14. The Bertz CT molecular complexity index is 588. The van der Waals surface area contributed by atoms with Gasteiger partial charge in [-0.15, -0.1) is 0 Å². The Morgan fingerprint density at radius 3 is 3.05 bits per heavy atom. The Kier molecular flexibility index (Phi) is 3.45. The fraction of sp³-hybridized carbons (Fsp3) is 0.467. The van der Waals surface area contributed by atoms with Gasteiger partial charge in [0.25, 0.3) is 5.91 Å². The Morgan fingerprint density at radius 2 is 2.29 bits per heavy atom. The number of nitrogens with one attached hydrogen (secondary N) is 1. The molecule has 2 amide bonds. The highest BCUT2D eigenvalue weighted by atomic mass is 16.5. The Balaban J connectivity index is 1.92. The monoisotopic (exact) mass is 289 g/mol. The molecule has 6 heteroatoms. The topological polar surface area (TPSA) is 84.7 Å². The summed E-state index contributed by atoms with van der Waals surface area (Å²) in [6.07, 6.45) is 1.68. The minimum Gasteiger partial charge on any atom is -0.494 e. The number of amides is 2. The van der Waals surface area contributed by atoms with Gasteiger partial charge in [-0.1, -0.05) is 6.07 Å². The molecule has 2 aliphatic rings. The zero-order valence-electron chi connectivity index (χ0n) is 12.0. The predicted octanol–water partition coefficient (Wildman–Crippen LogP) is 0.628. The molecule has 112 valence electrons. The molecule has 2 aliphatic heterocycles. The van der Waals surface area contributed by atoms with Gasteiger partial charge in [-0.05, 0) is 25.0 Å². The minimum absolute atomic E-state index is 0.0528. The van der Waals surface area contributed by atoms with Gasteiger partial charge in [0.1, 0.15) is 0 Å². The number of para-hydroxylation sites is 1. The third-order valence-electron chi connectivity index (χ3n) is 4.34. The van der Waals surface area contributed by atoms with Gasteiger partial charge in [0.15, 0.2) is 5.75 Å². The Morgan fingerprint density at radius 1 is 1.48 bits per heavy atom. The molecule has 0 bridgehead atoms. The number of nitrogens with two attached hydrogens (primary N) is 1. The van der Waals surface area contributed by atoms with Gasteiger partial charge in [0.2, 0.25) is 5.91 Å². The van der Waals surface area contributed by atoms with E-state index in [0.29, 0.717) is 30.1 Å². The number of carbonyl (C=O) groups is 2. The van der Waals surface area contributed by atoms with Crippen LogP contribution < -0.4 is 15.8 Å². The number of piperidine rings is 1. The molecule has 1 aromatic rings. The maximum absolute atomic E-state index is 12.8. The van der Waals surface area contributed by atoms with Gasteiger partial charge in [-0.3, -0.25) is 9.59 Å². The molecule has 2 unspecified atom stereocenters. The number of fused-ring (bicyclic) bond motifs is 1. The van der Waals surface area contributed by atoms with E-state index in [1.807, 2.05) is 0 Å². The van der Waals surface area contributed by atoms with Crippen molar-refractivity contribution in [3.63, 3.8) is 0 Å². The van der Waals surface area contributed by atoms with E-state index in [4.69, 9.17) is 10.5 Å². The average molecular weight is 289 g/mol. The van der Waals surface area contributed by atoms with E-state index in [-0.39, 0.29) is 23.8 Å². The number of anilines is 1. The molecule has 1 aromatic carbocycles. The van der Waals surface area contributed by atoms with E-state index in [1.165, 1.54) is 7.11 Å². The number of methoxy groups -OCH3 is 1. The van der Waals surface area contributed by atoms with E-state index >= 15 is 0 Å². The average Bonchev–Trinajstić information content (AvgIpc) is 2.88. The van der Waals surface area contributed by atoms with Crippen LogP contribution in [0.1, 0.15) is 23.2 Å². The molecule has 0 radical (unpaired) electrons. The van der Waals surface area contributed by atoms with Crippen molar-refractivity contribution in [3.8, 4) is 5.75 Å². The number of rotatable bonds is 2. The van der Waals surface area contributed by atoms with Crippen LogP contribution >= 0.6 is 0 Å². The Labute approximate surface area is 123 Å². The summed E-state index contributed by atoms with van der Waals surface area (Å²) in [6.45, 7) is 1.19. The second-order valence-electron chi connectivity index (χ2n) is 5.49. The second-order valence-corrected chi connectivity index (χ2v) is 5.49. The minimum atomic E-state index is -0.120. The molecular weight excluding hydrogens is 270 g/mol. The lowest BCUT2D eigenvalue weighted by Crippen LogP contribution is -2.48. The highest BCUT2D eigenvalue weighted by Gasteiger charge is 2.43. The number of likely N-dealkylation sites (tertiary alicyclic amines) is 1. The lowest BCUT2D eigenvalue weighted by molar-refractivity contribution is -0.123. The maximum atomic E-state index is 12.8. The van der Waals surface area contributed by atoms with Crippen molar-refractivity contribution in [2.75, 3.05) is 25.9 Å². The maximum Gasteiger partial charge on any atom is 0.258 e. The third-order valence-corrected chi connectivity index (χ3v) is 4.34. The van der Waals surface area contributed by atoms with Gasteiger partial charge >= 0.3 is 0 Å². The van der Waals surface area contributed by atoms with Gasteiger partial charge in [0.05, 0.1) is 30.3 Å². The number of carbonyl (C=O) groups excluding carboxylic acids is 2. The molecule has 0 aliphatic carbocycles. The van der Waals surface area contributed by atoms with Crippen LogP contribution in [0.3, 0.4) is 0 Å². The molecule has 0 spiro atoms. The second kappa shape index (κ2) is 5.27. The van der Waals surface area contributed by atoms with Crippen molar-refractivity contribution in [3.05, 3.63) is 23.8 Å². The van der Waals surface area contributed by atoms with Crippen LogP contribution in [-0.4, -0.2) is 43.0 Å². The van der Waals surface area contributed by atoms with Gasteiger partial charge in [0, 0.05) is 13.1 Å². The van der Waals surface area contributed by atoms with E-state index in [0.717, 1.165) is 12.8 Å². The highest BCUT2D eigenvalue weighted by molar-refractivity contribution is 5.99. The lowest BCUT2D eigenvalue weighted by atomic mass is 9.91. The molecule has 6 nitrogen and oxygen atoms in total. The van der Waals surface area contributed by atoms with Gasteiger partial charge in [-0.25, -0.2) is 0 Å². The number of hydrogen-bond acceptors (Lipinski definition) is 4. The third kappa shape index (κ3) is 2.20. The molecule has 2 fully saturated rings. The molecule has 2 saturated heterocycles. The first-order valence-electron chi connectivity index (χ1n) is 7.14. The number of benzene rings is 1. The van der Waals surface area contributed by atoms with Crippen LogP contribution in [0.2, 0.25) is 0 Å². The number of ether oxygens (including phenoxy) is 1. The van der Waals surface area contributed by atoms with Crippen molar-refractivity contribution in [1.82, 2.24) is 10.2 Å². The van der Waals surface area contributed by atoms with Crippen molar-refractivity contribution in [2.24, 2.45) is 5.92 Å². The summed E-state index contributed by atoms with van der Waals surface area (Å²) in [7, 11) is 1.50. The number of nitrogens with zero attached hydrogens (tertiary/aromatic N) is 1. The van der Waals surface area contributed by atoms with E-state index in [1.54, 1.807) is 23.1 Å². The van der Waals surface area contributed by atoms with Crippen molar-refractivity contribution >= 4 is 17.5 Å². The molecule has 2 atom stereocenters. The summed E-state index contributed by atoms with van der Waals surface area (Å²) in [5.74, 6) is 0.249. The smallest absolute Gasteiger partial charge is 0.258 e. The first kappa shape index (κ1) is 13.7. The zero-order valence-corrected chi connectivity index (χ0v) is 12.0.